The Labute approximate surface area is 219 Å². The van der Waals surface area contributed by atoms with Gasteiger partial charge in [-0.15, -0.1) is 0 Å². The third kappa shape index (κ3) is 7.54. The van der Waals surface area contributed by atoms with Crippen LogP contribution < -0.4 is 21.5 Å². The molecule has 2 aromatic rings. The summed E-state index contributed by atoms with van der Waals surface area (Å²) in [7, 11) is 1.48. The van der Waals surface area contributed by atoms with Gasteiger partial charge in [0.15, 0.2) is 0 Å². The number of primary amides is 1. The SMILES string of the molecule is COc1cc(N)c(Cl)cc1C(=O)NCC1CCN(CCC(OC(N)=O)c2ccc(Cl)cc2Cl)CC1. The van der Waals surface area contributed by atoms with Gasteiger partial charge in [0.2, 0.25) is 0 Å². The van der Waals surface area contributed by atoms with Crippen molar-refractivity contribution in [1.29, 1.82) is 0 Å². The van der Waals surface area contributed by atoms with E-state index in [2.05, 4.69) is 10.2 Å². The number of nitrogen functional groups attached to an aromatic ring is 1. The van der Waals surface area contributed by atoms with Gasteiger partial charge in [0.1, 0.15) is 11.9 Å². The second-order valence-electron chi connectivity index (χ2n) is 8.45. The standard InChI is InChI=1S/C24H29Cl3N4O4/c1-34-22-12-20(28)19(27)11-17(22)23(32)30-13-14-4-7-31(8-5-14)9-6-21(35-24(29)33)16-3-2-15(25)10-18(16)26/h2-3,10-12,14,21H,4-9,13,28H2,1H3,(H2,29,33)(H,30,32). The van der Waals surface area contributed by atoms with E-state index in [0.717, 1.165) is 25.9 Å². The molecule has 1 saturated heterocycles. The lowest BCUT2D eigenvalue weighted by atomic mass is 9.96. The first-order chi connectivity index (χ1) is 16.7. The highest BCUT2D eigenvalue weighted by molar-refractivity contribution is 6.35. The Balaban J connectivity index is 1.49. The minimum atomic E-state index is -0.852. The normalized spacial score (nSPS) is 15.4. The van der Waals surface area contributed by atoms with Crippen LogP contribution in [0.3, 0.4) is 0 Å². The minimum absolute atomic E-state index is 0.252. The smallest absolute Gasteiger partial charge is 0.405 e. The van der Waals surface area contributed by atoms with E-state index in [1.165, 1.54) is 13.2 Å². The molecule has 3 rings (SSSR count). The summed E-state index contributed by atoms with van der Waals surface area (Å²) < 4.78 is 10.6. The molecule has 0 saturated carbocycles. The molecule has 2 amide bonds. The Morgan fingerprint density at radius 1 is 1.14 bits per heavy atom. The number of nitrogens with two attached hydrogens (primary N) is 2. The van der Waals surface area contributed by atoms with E-state index in [1.807, 2.05) is 0 Å². The summed E-state index contributed by atoms with van der Waals surface area (Å²) in [6.07, 6.45) is 0.973. The monoisotopic (exact) mass is 542 g/mol. The molecule has 35 heavy (non-hydrogen) atoms. The van der Waals surface area contributed by atoms with Gasteiger partial charge in [0.25, 0.3) is 5.91 Å². The van der Waals surface area contributed by atoms with E-state index in [-0.39, 0.29) is 5.91 Å². The maximum atomic E-state index is 12.7. The molecular weight excluding hydrogens is 515 g/mol. The zero-order valence-electron chi connectivity index (χ0n) is 19.4. The van der Waals surface area contributed by atoms with Crippen LogP contribution in [0.15, 0.2) is 30.3 Å². The van der Waals surface area contributed by atoms with Gasteiger partial charge in [-0.1, -0.05) is 40.9 Å². The maximum Gasteiger partial charge on any atom is 0.405 e. The fraction of sp³-hybridized carbons (Fsp3) is 0.417. The molecule has 1 aliphatic heterocycles. The summed E-state index contributed by atoms with van der Waals surface area (Å²) in [5.74, 6) is 0.471. The van der Waals surface area contributed by atoms with Crippen LogP contribution in [0.5, 0.6) is 5.75 Å². The molecule has 1 unspecified atom stereocenters. The summed E-state index contributed by atoms with van der Waals surface area (Å²) in [5.41, 5.74) is 12.4. The first-order valence-corrected chi connectivity index (χ1v) is 12.4. The molecule has 0 spiro atoms. The second kappa shape index (κ2) is 12.5. The fourth-order valence-electron chi connectivity index (χ4n) is 4.14. The molecule has 190 valence electrons. The molecular formula is C24H29Cl3N4O4. The van der Waals surface area contributed by atoms with Crippen LogP contribution in [-0.2, 0) is 4.74 Å². The number of rotatable bonds is 9. The highest BCUT2D eigenvalue weighted by atomic mass is 35.5. The number of amides is 2. The number of nitrogens with zero attached hydrogens (tertiary/aromatic N) is 1. The van der Waals surface area contributed by atoms with Crippen LogP contribution in [0, 0.1) is 5.92 Å². The van der Waals surface area contributed by atoms with E-state index in [0.29, 0.717) is 63.1 Å². The highest BCUT2D eigenvalue weighted by Crippen LogP contribution is 2.32. The van der Waals surface area contributed by atoms with Gasteiger partial charge in [0, 0.05) is 41.2 Å². The summed E-state index contributed by atoms with van der Waals surface area (Å²) in [6.45, 7) is 2.97. The number of likely N-dealkylation sites (tertiary alicyclic amines) is 1. The number of hydrogen-bond acceptors (Lipinski definition) is 6. The molecule has 1 heterocycles. The number of carbonyl (C=O) groups excluding carboxylic acids is 2. The Bertz CT molecular complexity index is 1060. The minimum Gasteiger partial charge on any atom is -0.496 e. The van der Waals surface area contributed by atoms with Crippen LogP contribution in [0.2, 0.25) is 15.1 Å². The van der Waals surface area contributed by atoms with Gasteiger partial charge in [-0.2, -0.15) is 0 Å². The van der Waals surface area contributed by atoms with Crippen molar-refractivity contribution >= 4 is 52.5 Å². The fourth-order valence-corrected chi connectivity index (χ4v) is 4.84. The zero-order chi connectivity index (χ0) is 25.5. The lowest BCUT2D eigenvalue weighted by Gasteiger charge is -2.33. The first kappa shape index (κ1) is 27.2. The van der Waals surface area contributed by atoms with Gasteiger partial charge in [0.05, 0.1) is 23.4 Å². The number of anilines is 1. The predicted octanol–water partition coefficient (Wildman–Crippen LogP) is 4.91. The van der Waals surface area contributed by atoms with Crippen LogP contribution in [0.1, 0.15) is 41.3 Å². The lowest BCUT2D eigenvalue weighted by Crippen LogP contribution is -2.39. The molecule has 1 fully saturated rings. The molecule has 0 radical (unpaired) electrons. The Morgan fingerprint density at radius 2 is 1.86 bits per heavy atom. The molecule has 0 aromatic heterocycles. The van der Waals surface area contributed by atoms with Crippen LogP contribution in [0.25, 0.3) is 0 Å². The van der Waals surface area contributed by atoms with E-state index >= 15 is 0 Å². The quantitative estimate of drug-likeness (QED) is 0.387. The number of benzene rings is 2. The molecule has 0 aliphatic carbocycles. The molecule has 2 aromatic carbocycles. The average molecular weight is 544 g/mol. The molecule has 1 atom stereocenters. The third-order valence-electron chi connectivity index (χ3n) is 6.10. The second-order valence-corrected chi connectivity index (χ2v) is 9.70. The van der Waals surface area contributed by atoms with Crippen molar-refractivity contribution in [2.45, 2.75) is 25.4 Å². The molecule has 8 nitrogen and oxygen atoms in total. The largest absolute Gasteiger partial charge is 0.496 e. The molecule has 5 N–H and O–H groups in total. The van der Waals surface area contributed by atoms with Gasteiger partial charge in [-0.3, -0.25) is 4.79 Å². The van der Waals surface area contributed by atoms with Crippen LogP contribution in [-0.4, -0.2) is 50.2 Å². The third-order valence-corrected chi connectivity index (χ3v) is 6.99. The first-order valence-electron chi connectivity index (χ1n) is 11.2. The van der Waals surface area contributed by atoms with Crippen molar-refractivity contribution in [2.75, 3.05) is 39.0 Å². The Hall–Kier alpha value is -2.39. The topological polar surface area (TPSA) is 120 Å². The predicted molar refractivity (Wildman–Crippen MR) is 138 cm³/mol. The number of halogens is 3. The number of carbonyl (C=O) groups is 2. The van der Waals surface area contributed by atoms with Crippen LogP contribution in [0.4, 0.5) is 10.5 Å². The van der Waals surface area contributed by atoms with Gasteiger partial charge in [-0.25, -0.2) is 4.79 Å². The zero-order valence-corrected chi connectivity index (χ0v) is 21.6. The van der Waals surface area contributed by atoms with Gasteiger partial charge in [-0.05, 0) is 50.0 Å². The van der Waals surface area contributed by atoms with Crippen LogP contribution >= 0.6 is 34.8 Å². The molecule has 0 bridgehead atoms. The van der Waals surface area contributed by atoms with Gasteiger partial charge >= 0.3 is 6.09 Å². The summed E-state index contributed by atoms with van der Waals surface area (Å²) in [4.78, 5) is 26.4. The average Bonchev–Trinajstić information content (AvgIpc) is 2.82. The van der Waals surface area contributed by atoms with Crippen molar-refractivity contribution < 1.29 is 19.1 Å². The number of piperidine rings is 1. The van der Waals surface area contributed by atoms with Crippen molar-refractivity contribution in [3.8, 4) is 5.75 Å². The number of methoxy groups -OCH3 is 1. The highest BCUT2D eigenvalue weighted by Gasteiger charge is 2.24. The Morgan fingerprint density at radius 3 is 2.49 bits per heavy atom. The molecule has 11 heteroatoms. The maximum absolute atomic E-state index is 12.7. The van der Waals surface area contributed by atoms with E-state index in [9.17, 15) is 9.59 Å². The lowest BCUT2D eigenvalue weighted by molar-refractivity contribution is 0.0841. The van der Waals surface area contributed by atoms with Crippen molar-refractivity contribution in [3.63, 3.8) is 0 Å². The van der Waals surface area contributed by atoms with Gasteiger partial charge < -0.3 is 31.2 Å². The Kier molecular flexibility index (Phi) is 9.74. The summed E-state index contributed by atoms with van der Waals surface area (Å²) in [6, 6.07) is 8.13. The van der Waals surface area contributed by atoms with Crippen molar-refractivity contribution in [1.82, 2.24) is 10.2 Å². The number of ether oxygens (including phenoxy) is 2. The summed E-state index contributed by atoms with van der Waals surface area (Å²) in [5, 5.41) is 4.21. The van der Waals surface area contributed by atoms with E-state index in [4.69, 9.17) is 55.7 Å². The van der Waals surface area contributed by atoms with Crippen molar-refractivity contribution in [2.24, 2.45) is 11.7 Å². The molecule has 1 aliphatic rings. The number of nitrogens with one attached hydrogen (secondary N) is 1. The summed E-state index contributed by atoms with van der Waals surface area (Å²) >= 11 is 18.4. The van der Waals surface area contributed by atoms with Crippen molar-refractivity contribution in [3.05, 3.63) is 56.5 Å². The van der Waals surface area contributed by atoms with E-state index in [1.54, 1.807) is 24.3 Å². The van der Waals surface area contributed by atoms with E-state index < -0.39 is 12.2 Å². The number of hydrogen-bond donors (Lipinski definition) is 3.